The number of rotatable bonds is 5. The molecule has 2 heterocycles. The number of fused-ring (bicyclic) bond motifs is 1. The summed E-state index contributed by atoms with van der Waals surface area (Å²) in [5, 5.41) is 0.748. The van der Waals surface area contributed by atoms with Crippen molar-refractivity contribution in [3.63, 3.8) is 0 Å². The zero-order valence-corrected chi connectivity index (χ0v) is 16.3. The topological polar surface area (TPSA) is 69.9 Å². The molecule has 0 N–H and O–H groups in total. The van der Waals surface area contributed by atoms with Gasteiger partial charge in [-0.15, -0.1) is 0 Å². The molecule has 0 fully saturated rings. The number of hydrogen-bond donors (Lipinski definition) is 0. The quantitative estimate of drug-likeness (QED) is 0.453. The largest absolute Gasteiger partial charge is 0.480 e. The molecule has 0 spiro atoms. The minimum absolute atomic E-state index is 0.156. The van der Waals surface area contributed by atoms with Crippen LogP contribution in [-0.2, 0) is 16.1 Å². The molecule has 0 saturated heterocycles. The van der Waals surface area contributed by atoms with Crippen molar-refractivity contribution in [1.82, 2.24) is 9.38 Å². The molecule has 9 heteroatoms. The lowest BCUT2D eigenvalue weighted by Gasteiger charge is -2.10. The second-order valence-corrected chi connectivity index (χ2v) is 6.81. The molecule has 0 aliphatic heterocycles. The Morgan fingerprint density at radius 2 is 1.85 bits per heavy atom. The molecule has 0 saturated carbocycles. The summed E-state index contributed by atoms with van der Waals surface area (Å²) in [7, 11) is 0. The van der Waals surface area contributed by atoms with Crippen LogP contribution in [0.3, 0.4) is 0 Å². The van der Waals surface area contributed by atoms with Gasteiger partial charge < -0.3 is 9.47 Å². The third kappa shape index (κ3) is 4.53. The highest BCUT2D eigenvalue weighted by Crippen LogP contribution is 2.33. The number of ether oxygens (including phenoxy) is 2. The van der Waals surface area contributed by atoms with Gasteiger partial charge in [0.15, 0.2) is 6.61 Å². The van der Waals surface area contributed by atoms with Gasteiger partial charge in [-0.1, -0.05) is 40.9 Å². The highest BCUT2D eigenvalue weighted by atomic mass is 35.5. The Kier molecular flexibility index (Phi) is 5.89. The van der Waals surface area contributed by atoms with Crippen molar-refractivity contribution in [2.75, 3.05) is 6.61 Å². The molecule has 0 aliphatic rings. The molecule has 0 unspecified atom stereocenters. The number of nitrogens with zero attached hydrogens (tertiary/aromatic N) is 2. The van der Waals surface area contributed by atoms with Crippen LogP contribution in [-0.4, -0.2) is 22.0 Å². The highest BCUT2D eigenvalue weighted by molar-refractivity contribution is 6.43. The van der Waals surface area contributed by atoms with Crippen LogP contribution in [0.4, 0.5) is 0 Å². The molecule has 3 rings (SSSR count). The van der Waals surface area contributed by atoms with Crippen LogP contribution in [0.25, 0.3) is 5.65 Å². The van der Waals surface area contributed by atoms with Gasteiger partial charge in [0.25, 0.3) is 5.56 Å². The molecule has 0 aliphatic carbocycles. The van der Waals surface area contributed by atoms with Gasteiger partial charge in [0.05, 0.1) is 20.8 Å². The zero-order valence-electron chi connectivity index (χ0n) is 14.0. The maximum atomic E-state index is 12.2. The van der Waals surface area contributed by atoms with E-state index in [0.717, 1.165) is 5.69 Å². The van der Waals surface area contributed by atoms with Crippen molar-refractivity contribution < 1.29 is 14.3 Å². The van der Waals surface area contributed by atoms with Gasteiger partial charge in [-0.3, -0.25) is 9.20 Å². The van der Waals surface area contributed by atoms with Gasteiger partial charge in [0.1, 0.15) is 18.0 Å². The summed E-state index contributed by atoms with van der Waals surface area (Å²) in [6, 6.07) is 9.45. The van der Waals surface area contributed by atoms with Gasteiger partial charge in [-0.25, -0.2) is 9.78 Å². The summed E-state index contributed by atoms with van der Waals surface area (Å²) in [5.74, 6) is -0.441. The van der Waals surface area contributed by atoms with E-state index in [1.165, 1.54) is 22.6 Å². The summed E-state index contributed by atoms with van der Waals surface area (Å²) in [6.07, 6.45) is 0. The number of carbonyl (C=O) groups excluding carboxylic acids is 1. The van der Waals surface area contributed by atoms with Crippen molar-refractivity contribution >= 4 is 46.4 Å². The van der Waals surface area contributed by atoms with Gasteiger partial charge in [-0.2, -0.15) is 0 Å². The third-order valence-electron chi connectivity index (χ3n) is 3.63. The zero-order chi connectivity index (χ0) is 19.6. The van der Waals surface area contributed by atoms with Crippen LogP contribution < -0.4 is 10.3 Å². The van der Waals surface area contributed by atoms with Crippen LogP contribution in [0.1, 0.15) is 11.4 Å². The summed E-state index contributed by atoms with van der Waals surface area (Å²) in [4.78, 5) is 28.4. The SMILES string of the molecule is Cc1cccc2nc(COC(=O)COc3cc(Cl)c(Cl)cc3Cl)cc(=O)n12. The Morgan fingerprint density at radius 1 is 1.11 bits per heavy atom. The lowest BCUT2D eigenvalue weighted by atomic mass is 10.3. The predicted molar refractivity (Wildman–Crippen MR) is 103 cm³/mol. The fraction of sp³-hybridized carbons (Fsp3) is 0.167. The summed E-state index contributed by atoms with van der Waals surface area (Å²) in [6.45, 7) is 1.27. The minimum atomic E-state index is -0.650. The van der Waals surface area contributed by atoms with Gasteiger partial charge in [0, 0.05) is 17.8 Å². The van der Waals surface area contributed by atoms with Gasteiger partial charge in [0.2, 0.25) is 0 Å². The minimum Gasteiger partial charge on any atom is -0.480 e. The molecule has 0 atom stereocenters. The Bertz CT molecular complexity index is 1080. The smallest absolute Gasteiger partial charge is 0.344 e. The Balaban J connectivity index is 1.64. The first kappa shape index (κ1) is 19.5. The van der Waals surface area contributed by atoms with Crippen molar-refractivity contribution in [2.24, 2.45) is 0 Å². The summed E-state index contributed by atoms with van der Waals surface area (Å²) < 4.78 is 11.9. The van der Waals surface area contributed by atoms with Crippen molar-refractivity contribution in [2.45, 2.75) is 13.5 Å². The molecular formula is C18H13Cl3N2O4. The van der Waals surface area contributed by atoms with E-state index in [1.807, 2.05) is 0 Å². The van der Waals surface area contributed by atoms with Crippen molar-refractivity contribution in [1.29, 1.82) is 0 Å². The monoisotopic (exact) mass is 426 g/mol. The van der Waals surface area contributed by atoms with Crippen LogP contribution in [0.5, 0.6) is 5.75 Å². The number of carbonyl (C=O) groups is 1. The molecule has 140 valence electrons. The Labute approximate surface area is 169 Å². The fourth-order valence-electron chi connectivity index (χ4n) is 2.39. The molecule has 2 aromatic heterocycles. The molecule has 6 nitrogen and oxygen atoms in total. The summed E-state index contributed by atoms with van der Waals surface area (Å²) >= 11 is 17.7. The number of benzene rings is 1. The van der Waals surface area contributed by atoms with Crippen molar-refractivity contribution in [3.05, 3.63) is 73.2 Å². The van der Waals surface area contributed by atoms with Crippen LogP contribution >= 0.6 is 34.8 Å². The molecule has 3 aromatic rings. The van der Waals surface area contributed by atoms with Crippen LogP contribution in [0.2, 0.25) is 15.1 Å². The summed E-state index contributed by atoms with van der Waals surface area (Å²) in [5.41, 5.74) is 1.34. The van der Waals surface area contributed by atoms with E-state index in [9.17, 15) is 9.59 Å². The second-order valence-electron chi connectivity index (χ2n) is 5.59. The first-order chi connectivity index (χ1) is 12.8. The second kappa shape index (κ2) is 8.17. The average molecular weight is 428 g/mol. The predicted octanol–water partition coefficient (Wildman–Crippen LogP) is 4.09. The standard InChI is InChI=1S/C18H13Cl3N2O4/c1-10-3-2-4-16-22-11(5-17(24)23(10)16)8-27-18(25)9-26-15-7-13(20)12(19)6-14(15)21/h2-7H,8-9H2,1H3. The van der Waals surface area contributed by atoms with E-state index in [1.54, 1.807) is 25.1 Å². The molecule has 27 heavy (non-hydrogen) atoms. The average Bonchev–Trinajstić information content (AvgIpc) is 2.61. The number of esters is 1. The number of aromatic nitrogens is 2. The van der Waals surface area contributed by atoms with Gasteiger partial charge >= 0.3 is 5.97 Å². The van der Waals surface area contributed by atoms with E-state index in [4.69, 9.17) is 44.3 Å². The molecule has 0 amide bonds. The van der Waals surface area contributed by atoms with E-state index in [0.29, 0.717) is 11.3 Å². The lowest BCUT2D eigenvalue weighted by molar-refractivity contribution is -0.147. The number of aryl methyl sites for hydroxylation is 1. The van der Waals surface area contributed by atoms with E-state index in [2.05, 4.69) is 4.98 Å². The van der Waals surface area contributed by atoms with Gasteiger partial charge in [-0.05, 0) is 25.1 Å². The first-order valence-corrected chi connectivity index (χ1v) is 8.90. The van der Waals surface area contributed by atoms with Crippen LogP contribution in [0.15, 0.2) is 41.2 Å². The number of halogens is 3. The molecule has 1 aromatic carbocycles. The normalized spacial score (nSPS) is 10.8. The van der Waals surface area contributed by atoms with E-state index < -0.39 is 5.97 Å². The number of hydrogen-bond acceptors (Lipinski definition) is 5. The van der Waals surface area contributed by atoms with Crippen LogP contribution in [0, 0.1) is 6.92 Å². The van der Waals surface area contributed by atoms with E-state index in [-0.39, 0.29) is 39.6 Å². The van der Waals surface area contributed by atoms with Crippen molar-refractivity contribution in [3.8, 4) is 5.75 Å². The fourth-order valence-corrected chi connectivity index (χ4v) is 2.98. The molecule has 0 radical (unpaired) electrons. The third-order valence-corrected chi connectivity index (χ3v) is 4.65. The Morgan fingerprint density at radius 3 is 2.63 bits per heavy atom. The highest BCUT2D eigenvalue weighted by Gasteiger charge is 2.11. The maximum absolute atomic E-state index is 12.2. The first-order valence-electron chi connectivity index (χ1n) is 7.76. The molecule has 0 bridgehead atoms. The van der Waals surface area contributed by atoms with E-state index >= 15 is 0 Å². The lowest BCUT2D eigenvalue weighted by Crippen LogP contribution is -2.19. The number of pyridine rings is 1. The molecular weight excluding hydrogens is 415 g/mol. The maximum Gasteiger partial charge on any atom is 0.344 e. The Hall–Kier alpha value is -2.28.